The zero-order chi connectivity index (χ0) is 25.3. The third-order valence-electron chi connectivity index (χ3n) is 6.54. The molecule has 0 aliphatic carbocycles. The van der Waals surface area contributed by atoms with E-state index in [2.05, 4.69) is 4.98 Å². The second kappa shape index (κ2) is 12.4. The molecule has 0 atom stereocenters. The van der Waals surface area contributed by atoms with Crippen molar-refractivity contribution >= 4 is 21.9 Å². The minimum atomic E-state index is -0.392. The quantitative estimate of drug-likeness (QED) is 0.179. The van der Waals surface area contributed by atoms with Gasteiger partial charge in [-0.15, -0.1) is 0 Å². The number of fused-ring (bicyclic) bond motifs is 2. The van der Waals surface area contributed by atoms with Crippen molar-refractivity contribution in [2.24, 2.45) is 0 Å². The predicted octanol–water partition coefficient (Wildman–Crippen LogP) is 5.68. The molecule has 0 spiro atoms. The van der Waals surface area contributed by atoms with E-state index < -0.39 is 5.63 Å². The van der Waals surface area contributed by atoms with Gasteiger partial charge in [0.05, 0.1) is 23.6 Å². The summed E-state index contributed by atoms with van der Waals surface area (Å²) in [6, 6.07) is 6.76. The monoisotopic (exact) mass is 494 g/mol. The van der Waals surface area contributed by atoms with Crippen molar-refractivity contribution in [3.05, 3.63) is 73.5 Å². The lowest BCUT2D eigenvalue weighted by Gasteiger charge is -2.10. The Labute approximate surface area is 208 Å². The van der Waals surface area contributed by atoms with Crippen LogP contribution in [-0.2, 0) is 6.54 Å². The Balaban J connectivity index is 1.07. The van der Waals surface area contributed by atoms with Crippen LogP contribution in [0.3, 0.4) is 0 Å². The van der Waals surface area contributed by atoms with Crippen molar-refractivity contribution in [2.75, 3.05) is 6.61 Å². The molecule has 0 bridgehead atoms. The number of benzene rings is 1. The number of nitrogens with one attached hydrogen (secondary N) is 1. The minimum Gasteiger partial charge on any atom is -0.492 e. The van der Waals surface area contributed by atoms with Gasteiger partial charge in [0.25, 0.3) is 5.56 Å². The van der Waals surface area contributed by atoms with Crippen molar-refractivity contribution in [1.82, 2.24) is 9.55 Å². The fourth-order valence-electron chi connectivity index (χ4n) is 4.52. The van der Waals surface area contributed by atoms with Crippen LogP contribution in [0.1, 0.15) is 69.8 Å². The first-order valence-electron chi connectivity index (χ1n) is 12.9. The van der Waals surface area contributed by atoms with Gasteiger partial charge >= 0.3 is 11.3 Å². The van der Waals surface area contributed by atoms with Crippen LogP contribution in [-0.4, -0.2) is 16.2 Å². The van der Waals surface area contributed by atoms with Crippen LogP contribution >= 0.6 is 0 Å². The standard InChI is InChI=1S/C28H34N2O6/c1-20-19-30(28(33)29-27(20)32)15-10-8-6-4-2-3-5-7-9-11-16-35-26-21-12-13-25(31)36-24(21)18-23-22(26)14-17-34-23/h12-14,17-19H,2-11,15-16H2,1H3,(H,29,32,33). The number of unbranched alkanes of at least 4 members (excludes halogenated alkanes) is 9. The van der Waals surface area contributed by atoms with E-state index in [1.165, 1.54) is 44.6 Å². The zero-order valence-electron chi connectivity index (χ0n) is 20.8. The van der Waals surface area contributed by atoms with E-state index in [-0.39, 0.29) is 11.2 Å². The summed E-state index contributed by atoms with van der Waals surface area (Å²) in [5.74, 6) is 0.709. The molecule has 4 aromatic rings. The molecule has 8 nitrogen and oxygen atoms in total. The number of hydrogen-bond acceptors (Lipinski definition) is 6. The van der Waals surface area contributed by atoms with Crippen LogP contribution in [0.15, 0.2) is 59.9 Å². The molecule has 0 saturated heterocycles. The molecule has 4 rings (SSSR count). The Morgan fingerprint density at radius 3 is 2.25 bits per heavy atom. The van der Waals surface area contributed by atoms with Gasteiger partial charge in [-0.2, -0.15) is 0 Å². The highest BCUT2D eigenvalue weighted by Gasteiger charge is 2.13. The third kappa shape index (κ3) is 6.56. The van der Waals surface area contributed by atoms with E-state index in [0.29, 0.717) is 35.6 Å². The number of nitrogens with zero attached hydrogens (tertiary/aromatic N) is 1. The molecule has 192 valence electrons. The lowest BCUT2D eigenvalue weighted by molar-refractivity contribution is 0.310. The number of H-pyrrole nitrogens is 1. The molecule has 0 amide bonds. The van der Waals surface area contributed by atoms with E-state index in [1.807, 2.05) is 6.07 Å². The fraction of sp³-hybridized carbons (Fsp3) is 0.464. The smallest absolute Gasteiger partial charge is 0.336 e. The van der Waals surface area contributed by atoms with E-state index in [4.69, 9.17) is 13.6 Å². The largest absolute Gasteiger partial charge is 0.492 e. The Hall–Kier alpha value is -3.55. The molecular formula is C28H34N2O6. The molecule has 0 fully saturated rings. The van der Waals surface area contributed by atoms with Gasteiger partial charge in [0, 0.05) is 30.4 Å². The van der Waals surface area contributed by atoms with Crippen molar-refractivity contribution < 1.29 is 13.6 Å². The third-order valence-corrected chi connectivity index (χ3v) is 6.54. The van der Waals surface area contributed by atoms with Crippen LogP contribution in [0.5, 0.6) is 5.75 Å². The van der Waals surface area contributed by atoms with Crippen LogP contribution in [0.2, 0.25) is 0 Å². The van der Waals surface area contributed by atoms with Crippen molar-refractivity contribution in [1.29, 1.82) is 0 Å². The maximum atomic E-state index is 11.8. The molecule has 36 heavy (non-hydrogen) atoms. The fourth-order valence-corrected chi connectivity index (χ4v) is 4.52. The summed E-state index contributed by atoms with van der Waals surface area (Å²) in [5.41, 5.74) is 0.668. The summed E-state index contributed by atoms with van der Waals surface area (Å²) < 4.78 is 18.5. The average molecular weight is 495 g/mol. The SMILES string of the molecule is Cc1cn(CCCCCCCCCCCCOc2c3ccoc3cc3oc(=O)ccc23)c(=O)[nH]c1=O. The summed E-state index contributed by atoms with van der Waals surface area (Å²) in [5, 5.41) is 1.67. The van der Waals surface area contributed by atoms with Gasteiger partial charge in [-0.25, -0.2) is 9.59 Å². The number of aromatic nitrogens is 2. The van der Waals surface area contributed by atoms with E-state index in [9.17, 15) is 14.4 Å². The molecule has 0 saturated carbocycles. The van der Waals surface area contributed by atoms with Gasteiger partial charge in [-0.05, 0) is 31.9 Å². The topological polar surface area (TPSA) is 107 Å². The maximum absolute atomic E-state index is 11.8. The van der Waals surface area contributed by atoms with Crippen molar-refractivity contribution in [3.8, 4) is 5.75 Å². The number of aromatic amines is 1. The number of hydrogen-bond donors (Lipinski definition) is 1. The Morgan fingerprint density at radius 1 is 0.833 bits per heavy atom. The summed E-state index contributed by atoms with van der Waals surface area (Å²) in [4.78, 5) is 37.1. The summed E-state index contributed by atoms with van der Waals surface area (Å²) in [7, 11) is 0. The minimum absolute atomic E-state index is 0.305. The van der Waals surface area contributed by atoms with Gasteiger partial charge < -0.3 is 18.1 Å². The first kappa shape index (κ1) is 25.5. The van der Waals surface area contributed by atoms with Gasteiger partial charge in [0.1, 0.15) is 16.9 Å². The van der Waals surface area contributed by atoms with Crippen LogP contribution < -0.4 is 21.6 Å². The molecular weight excluding hydrogens is 460 g/mol. The Morgan fingerprint density at radius 2 is 1.50 bits per heavy atom. The molecule has 3 aromatic heterocycles. The lowest BCUT2D eigenvalue weighted by Crippen LogP contribution is -2.30. The Bertz CT molecular complexity index is 1460. The Kier molecular flexibility index (Phi) is 8.81. The van der Waals surface area contributed by atoms with Gasteiger partial charge in [-0.1, -0.05) is 51.4 Å². The van der Waals surface area contributed by atoms with E-state index >= 15 is 0 Å². The van der Waals surface area contributed by atoms with Crippen LogP contribution in [0.4, 0.5) is 0 Å². The molecule has 0 aliphatic heterocycles. The molecule has 1 N–H and O–H groups in total. The second-order valence-corrected chi connectivity index (χ2v) is 9.35. The maximum Gasteiger partial charge on any atom is 0.336 e. The van der Waals surface area contributed by atoms with Crippen molar-refractivity contribution in [3.63, 3.8) is 0 Å². The highest BCUT2D eigenvalue weighted by Crippen LogP contribution is 2.35. The van der Waals surface area contributed by atoms with Crippen LogP contribution in [0.25, 0.3) is 21.9 Å². The lowest BCUT2D eigenvalue weighted by atomic mass is 10.1. The van der Waals surface area contributed by atoms with E-state index in [1.54, 1.807) is 36.1 Å². The first-order chi connectivity index (χ1) is 17.5. The summed E-state index contributed by atoms with van der Waals surface area (Å²) >= 11 is 0. The molecule has 8 heteroatoms. The van der Waals surface area contributed by atoms with Gasteiger partial charge in [0.2, 0.25) is 0 Å². The van der Waals surface area contributed by atoms with Gasteiger partial charge in [-0.3, -0.25) is 9.78 Å². The number of furan rings is 1. The van der Waals surface area contributed by atoms with Crippen LogP contribution in [0, 0.1) is 6.92 Å². The average Bonchev–Trinajstić information content (AvgIpc) is 3.32. The summed E-state index contributed by atoms with van der Waals surface area (Å²) in [6.07, 6.45) is 14.6. The highest BCUT2D eigenvalue weighted by molar-refractivity contribution is 6.01. The molecule has 0 aliphatic rings. The normalized spacial score (nSPS) is 11.5. The molecule has 3 heterocycles. The van der Waals surface area contributed by atoms with E-state index in [0.717, 1.165) is 36.5 Å². The molecule has 1 aromatic carbocycles. The first-order valence-corrected chi connectivity index (χ1v) is 12.9. The van der Waals surface area contributed by atoms with Gasteiger partial charge in [0.15, 0.2) is 0 Å². The second-order valence-electron chi connectivity index (χ2n) is 9.35. The predicted molar refractivity (Wildman–Crippen MR) is 140 cm³/mol. The number of ether oxygens (including phenoxy) is 1. The molecule has 0 radical (unpaired) electrons. The summed E-state index contributed by atoms with van der Waals surface area (Å²) in [6.45, 7) is 2.97. The molecule has 0 unspecified atom stereocenters. The highest BCUT2D eigenvalue weighted by atomic mass is 16.5. The zero-order valence-corrected chi connectivity index (χ0v) is 20.8. The number of aryl methyl sites for hydroxylation is 2. The van der Waals surface area contributed by atoms with Crippen molar-refractivity contribution in [2.45, 2.75) is 77.7 Å². The number of rotatable bonds is 14.